The molecule has 2 nitrogen and oxygen atoms in total. The molecule has 0 aliphatic heterocycles. The van der Waals surface area contributed by atoms with E-state index in [0.717, 1.165) is 42.7 Å². The lowest BCUT2D eigenvalue weighted by molar-refractivity contribution is 0.402. The minimum absolute atomic E-state index is 0.171. The molecule has 274 valence electrons. The van der Waals surface area contributed by atoms with Gasteiger partial charge in [0.1, 0.15) is 0 Å². The molecule has 0 amide bonds. The first kappa shape index (κ1) is 36.1. The van der Waals surface area contributed by atoms with Crippen molar-refractivity contribution >= 4 is 60.8 Å². The molecule has 0 fully saturated rings. The lowest BCUT2D eigenvalue weighted by Crippen LogP contribution is -2.43. The van der Waals surface area contributed by atoms with Crippen LogP contribution in [0.3, 0.4) is 0 Å². The summed E-state index contributed by atoms with van der Waals surface area (Å²) in [7, 11) is 0. The highest BCUT2D eigenvalue weighted by Crippen LogP contribution is 2.48. The second-order valence-corrected chi connectivity index (χ2v) is 15.3. The van der Waals surface area contributed by atoms with Crippen molar-refractivity contribution in [3.05, 3.63) is 187 Å². The van der Waals surface area contributed by atoms with E-state index in [1.54, 1.807) is 0 Å². The third kappa shape index (κ3) is 6.34. The Bertz CT molecular complexity index is 2460. The van der Waals surface area contributed by atoms with E-state index < -0.39 is 0 Å². The number of benzene rings is 8. The third-order valence-electron chi connectivity index (χ3n) is 12.7. The summed E-state index contributed by atoms with van der Waals surface area (Å²) in [5.74, 6) is 0. The zero-order valence-corrected chi connectivity index (χ0v) is 33.0. The van der Waals surface area contributed by atoms with E-state index in [0.29, 0.717) is 0 Å². The van der Waals surface area contributed by atoms with Crippen LogP contribution in [0.2, 0.25) is 0 Å². The smallest absolute Gasteiger partial charge is 0.0697 e. The normalized spacial score (nSPS) is 12.0. The fourth-order valence-corrected chi connectivity index (χ4v) is 8.93. The minimum atomic E-state index is -0.288. The highest BCUT2D eigenvalue weighted by atomic mass is 15.2. The third-order valence-corrected chi connectivity index (χ3v) is 12.7. The highest BCUT2D eigenvalue weighted by molar-refractivity contribution is 6.05. The largest absolute Gasteiger partial charge is 0.331 e. The van der Waals surface area contributed by atoms with E-state index in [1.807, 2.05) is 0 Å². The molecule has 0 bridgehead atoms. The molecule has 0 spiro atoms. The van der Waals surface area contributed by atoms with Crippen LogP contribution < -0.4 is 9.80 Å². The maximum Gasteiger partial charge on any atom is 0.0697 e. The number of hydrogen-bond acceptors (Lipinski definition) is 2. The summed E-state index contributed by atoms with van der Waals surface area (Å²) < 4.78 is 0. The Morgan fingerprint density at radius 3 is 1.20 bits per heavy atom. The van der Waals surface area contributed by atoms with Crippen molar-refractivity contribution in [2.75, 3.05) is 9.80 Å². The van der Waals surface area contributed by atoms with Gasteiger partial charge in [-0.3, -0.25) is 0 Å². The molecule has 8 rings (SSSR count). The molecule has 0 aliphatic rings. The molecule has 0 aliphatic carbocycles. The topological polar surface area (TPSA) is 6.48 Å². The molecular formula is C53H52N2. The van der Waals surface area contributed by atoms with Crippen molar-refractivity contribution in [3.63, 3.8) is 0 Å². The van der Waals surface area contributed by atoms with Gasteiger partial charge in [0.2, 0.25) is 0 Å². The van der Waals surface area contributed by atoms with Gasteiger partial charge in [-0.1, -0.05) is 168 Å². The quantitative estimate of drug-likeness (QED) is 0.124. The molecule has 55 heavy (non-hydrogen) atoms. The maximum absolute atomic E-state index is 2.65. The summed E-state index contributed by atoms with van der Waals surface area (Å²) in [5.41, 5.74) is 8.50. The van der Waals surface area contributed by atoms with Crippen LogP contribution in [0.25, 0.3) is 32.3 Å². The van der Waals surface area contributed by atoms with Gasteiger partial charge in [-0.2, -0.15) is 0 Å². The second kappa shape index (κ2) is 15.1. The molecule has 0 atom stereocenters. The second-order valence-electron chi connectivity index (χ2n) is 15.3. The van der Waals surface area contributed by atoms with Crippen molar-refractivity contribution in [3.8, 4) is 0 Å². The molecule has 0 saturated carbocycles. The predicted octanol–water partition coefficient (Wildman–Crippen LogP) is 15.5. The molecule has 0 aromatic heterocycles. The van der Waals surface area contributed by atoms with Crippen LogP contribution in [0.1, 0.15) is 71.4 Å². The highest BCUT2D eigenvalue weighted by Gasteiger charge is 2.38. The molecule has 8 aromatic carbocycles. The number of anilines is 5. The van der Waals surface area contributed by atoms with Crippen LogP contribution in [0.4, 0.5) is 28.4 Å². The van der Waals surface area contributed by atoms with E-state index in [4.69, 9.17) is 0 Å². The van der Waals surface area contributed by atoms with Crippen LogP contribution in [0, 0.1) is 0 Å². The lowest BCUT2D eigenvalue weighted by Gasteiger charge is -2.46. The fraction of sp³-hybridized carbons (Fsp3) is 0.208. The zero-order chi connectivity index (χ0) is 38.0. The Hall–Kier alpha value is -5.86. The van der Waals surface area contributed by atoms with Crippen molar-refractivity contribution < 1.29 is 0 Å². The SMILES string of the molecule is CCC(C)(CC)c1ccc(C(CC)(CC)N(c2ccc(N(c3cccc4ccccc34)c3cccc4ccccc34)cc2)c2cccc3ccccc23)cc1. The monoisotopic (exact) mass is 716 g/mol. The summed E-state index contributed by atoms with van der Waals surface area (Å²) in [6.07, 6.45) is 4.15. The summed E-state index contributed by atoms with van der Waals surface area (Å²) in [5, 5.41) is 7.40. The van der Waals surface area contributed by atoms with E-state index in [2.05, 4.69) is 220 Å². The zero-order valence-electron chi connectivity index (χ0n) is 33.0. The van der Waals surface area contributed by atoms with E-state index in [-0.39, 0.29) is 11.0 Å². The van der Waals surface area contributed by atoms with Gasteiger partial charge in [0.25, 0.3) is 0 Å². The van der Waals surface area contributed by atoms with Gasteiger partial charge in [0.05, 0.1) is 16.9 Å². The van der Waals surface area contributed by atoms with Crippen LogP contribution in [-0.4, -0.2) is 0 Å². The molecule has 0 heterocycles. The van der Waals surface area contributed by atoms with Gasteiger partial charge in [0, 0.05) is 33.2 Å². The van der Waals surface area contributed by atoms with Crippen LogP contribution in [0.5, 0.6) is 0 Å². The Balaban J connectivity index is 1.33. The summed E-state index contributed by atoms with van der Waals surface area (Å²) in [4.78, 5) is 5.09. The average Bonchev–Trinajstić information content (AvgIpc) is 3.26. The molecular weight excluding hydrogens is 665 g/mol. The Kier molecular flexibility index (Phi) is 9.93. The van der Waals surface area contributed by atoms with Crippen molar-refractivity contribution in [1.82, 2.24) is 0 Å². The molecule has 0 saturated heterocycles. The Morgan fingerprint density at radius 2 is 0.745 bits per heavy atom. The summed E-state index contributed by atoms with van der Waals surface area (Å²) in [6.45, 7) is 11.7. The van der Waals surface area contributed by atoms with Gasteiger partial charge in [-0.05, 0) is 101 Å². The van der Waals surface area contributed by atoms with Gasteiger partial charge in [-0.25, -0.2) is 0 Å². The van der Waals surface area contributed by atoms with Crippen molar-refractivity contribution in [1.29, 1.82) is 0 Å². The average molecular weight is 717 g/mol. The van der Waals surface area contributed by atoms with Crippen molar-refractivity contribution in [2.24, 2.45) is 0 Å². The summed E-state index contributed by atoms with van der Waals surface area (Å²) >= 11 is 0. The van der Waals surface area contributed by atoms with E-state index >= 15 is 0 Å². The van der Waals surface area contributed by atoms with Gasteiger partial charge in [0.15, 0.2) is 0 Å². The Labute approximate surface area is 327 Å². The first-order chi connectivity index (χ1) is 26.9. The number of rotatable bonds is 12. The van der Waals surface area contributed by atoms with E-state index in [1.165, 1.54) is 54.8 Å². The fourth-order valence-electron chi connectivity index (χ4n) is 8.93. The maximum atomic E-state index is 2.65. The number of hydrogen-bond donors (Lipinski definition) is 0. The molecule has 0 N–H and O–H groups in total. The minimum Gasteiger partial charge on any atom is -0.331 e. The van der Waals surface area contributed by atoms with Gasteiger partial charge < -0.3 is 9.80 Å². The van der Waals surface area contributed by atoms with Crippen LogP contribution >= 0.6 is 0 Å². The standard InChI is InChI=1S/C53H52N2/c1-6-52(5,7-2)42-31-33-43(34-32-42)53(8-3,9-4)55(51-30-18-24-41-21-12-15-27-48(41)51)45-37-35-44(36-38-45)54(49-28-16-22-39-19-10-13-25-46(39)49)50-29-17-23-40-20-11-14-26-47(40)50/h10-38H,6-9H2,1-5H3. The first-order valence-electron chi connectivity index (χ1n) is 20.2. The van der Waals surface area contributed by atoms with Crippen LogP contribution in [-0.2, 0) is 11.0 Å². The molecule has 2 heteroatoms. The predicted molar refractivity (Wildman–Crippen MR) is 239 cm³/mol. The van der Waals surface area contributed by atoms with E-state index in [9.17, 15) is 0 Å². The molecule has 0 unspecified atom stereocenters. The first-order valence-corrected chi connectivity index (χ1v) is 20.2. The van der Waals surface area contributed by atoms with Gasteiger partial charge >= 0.3 is 0 Å². The van der Waals surface area contributed by atoms with Gasteiger partial charge in [-0.15, -0.1) is 0 Å². The van der Waals surface area contributed by atoms with Crippen LogP contribution in [0.15, 0.2) is 176 Å². The summed E-state index contributed by atoms with van der Waals surface area (Å²) in [6, 6.07) is 65.3. The Morgan fingerprint density at radius 1 is 0.364 bits per heavy atom. The molecule has 0 radical (unpaired) electrons. The molecule has 8 aromatic rings. The number of fused-ring (bicyclic) bond motifs is 3. The van der Waals surface area contributed by atoms with Crippen molar-refractivity contribution in [2.45, 2.75) is 71.3 Å². The lowest BCUT2D eigenvalue weighted by atomic mass is 9.75. The number of nitrogens with zero attached hydrogens (tertiary/aromatic N) is 2.